The molecular weight excluding hydrogens is 283 g/mol. The van der Waals surface area contributed by atoms with Crippen LogP contribution in [0.5, 0.6) is 5.75 Å². The first kappa shape index (κ1) is 16.1. The highest BCUT2D eigenvalue weighted by molar-refractivity contribution is 6.30. The fraction of sp³-hybridized carbons (Fsp3) is 0.500. The Kier molecular flexibility index (Phi) is 5.90. The van der Waals surface area contributed by atoms with E-state index in [-0.39, 0.29) is 6.61 Å². The highest BCUT2D eigenvalue weighted by Crippen LogP contribution is 2.23. The monoisotopic (exact) mass is 297 g/mol. The molecule has 0 bridgehead atoms. The van der Waals surface area contributed by atoms with Gasteiger partial charge in [-0.15, -0.1) is 0 Å². The molecule has 0 saturated carbocycles. The molecule has 2 N–H and O–H groups in total. The van der Waals surface area contributed by atoms with E-state index in [9.17, 15) is 13.2 Å². The third-order valence-corrected chi connectivity index (χ3v) is 2.56. The van der Waals surface area contributed by atoms with Crippen molar-refractivity contribution in [3.8, 4) is 5.75 Å². The van der Waals surface area contributed by atoms with Crippen molar-refractivity contribution < 1.29 is 22.6 Å². The molecule has 3 nitrogen and oxygen atoms in total. The lowest BCUT2D eigenvalue weighted by atomic mass is 10.1. The molecule has 0 heterocycles. The first-order valence-electron chi connectivity index (χ1n) is 5.54. The second-order valence-corrected chi connectivity index (χ2v) is 4.49. The van der Waals surface area contributed by atoms with E-state index in [4.69, 9.17) is 22.1 Å². The van der Waals surface area contributed by atoms with Crippen LogP contribution >= 0.6 is 11.6 Å². The van der Waals surface area contributed by atoms with Gasteiger partial charge >= 0.3 is 6.18 Å². The molecule has 0 saturated heterocycles. The van der Waals surface area contributed by atoms with Crippen LogP contribution < -0.4 is 10.5 Å². The number of methoxy groups -OCH3 is 1. The fourth-order valence-corrected chi connectivity index (χ4v) is 1.77. The zero-order valence-corrected chi connectivity index (χ0v) is 11.1. The Morgan fingerprint density at radius 1 is 1.37 bits per heavy atom. The molecule has 0 aromatic heterocycles. The van der Waals surface area contributed by atoms with Crippen molar-refractivity contribution in [3.05, 3.63) is 28.8 Å². The average Bonchev–Trinajstić information content (AvgIpc) is 2.27. The van der Waals surface area contributed by atoms with E-state index in [1.807, 2.05) is 0 Å². The summed E-state index contributed by atoms with van der Waals surface area (Å²) in [5.74, 6) is 0.593. The first-order chi connectivity index (χ1) is 8.81. The van der Waals surface area contributed by atoms with Crippen LogP contribution in [-0.2, 0) is 11.2 Å². The van der Waals surface area contributed by atoms with E-state index in [2.05, 4.69) is 4.74 Å². The van der Waals surface area contributed by atoms with Crippen molar-refractivity contribution in [3.63, 3.8) is 0 Å². The summed E-state index contributed by atoms with van der Waals surface area (Å²) >= 11 is 5.85. The minimum Gasteiger partial charge on any atom is -0.496 e. The molecule has 0 radical (unpaired) electrons. The minimum atomic E-state index is -4.34. The highest BCUT2D eigenvalue weighted by Gasteiger charge is 2.27. The van der Waals surface area contributed by atoms with Gasteiger partial charge in [0.1, 0.15) is 12.4 Å². The second-order valence-electron chi connectivity index (χ2n) is 4.05. The largest absolute Gasteiger partial charge is 0.496 e. The van der Waals surface area contributed by atoms with Crippen LogP contribution in [0.25, 0.3) is 0 Å². The summed E-state index contributed by atoms with van der Waals surface area (Å²) in [6.07, 6.45) is -4.02. The van der Waals surface area contributed by atoms with E-state index >= 15 is 0 Å². The molecule has 1 unspecified atom stereocenters. The van der Waals surface area contributed by atoms with Gasteiger partial charge in [-0.05, 0) is 30.2 Å². The van der Waals surface area contributed by atoms with Gasteiger partial charge in [-0.3, -0.25) is 0 Å². The lowest BCUT2D eigenvalue weighted by Crippen LogP contribution is -2.31. The topological polar surface area (TPSA) is 44.5 Å². The molecule has 0 spiro atoms. The average molecular weight is 298 g/mol. The third kappa shape index (κ3) is 6.13. The van der Waals surface area contributed by atoms with E-state index in [0.29, 0.717) is 17.2 Å². The van der Waals surface area contributed by atoms with Gasteiger partial charge < -0.3 is 15.2 Å². The summed E-state index contributed by atoms with van der Waals surface area (Å²) in [5, 5.41) is 0.513. The van der Waals surface area contributed by atoms with Crippen LogP contribution in [0.4, 0.5) is 13.2 Å². The van der Waals surface area contributed by atoms with Crippen molar-refractivity contribution in [2.45, 2.75) is 18.6 Å². The first-order valence-corrected chi connectivity index (χ1v) is 5.92. The van der Waals surface area contributed by atoms with Gasteiger partial charge in [-0.1, -0.05) is 11.6 Å². The number of ether oxygens (including phenoxy) is 2. The summed E-state index contributed by atoms with van der Waals surface area (Å²) in [7, 11) is 1.50. The molecule has 0 fully saturated rings. The van der Waals surface area contributed by atoms with E-state index in [1.54, 1.807) is 18.2 Å². The number of nitrogens with two attached hydrogens (primary N) is 1. The van der Waals surface area contributed by atoms with Crippen molar-refractivity contribution in [1.82, 2.24) is 0 Å². The normalized spacial score (nSPS) is 13.4. The van der Waals surface area contributed by atoms with Crippen LogP contribution in [-0.4, -0.2) is 32.5 Å². The summed E-state index contributed by atoms with van der Waals surface area (Å²) in [6, 6.07) is 4.45. The maximum atomic E-state index is 11.9. The van der Waals surface area contributed by atoms with Gasteiger partial charge in [0.25, 0.3) is 0 Å². The number of alkyl halides is 3. The molecule has 1 aromatic rings. The Balaban J connectivity index is 2.52. The Hall–Kier alpha value is -0.980. The van der Waals surface area contributed by atoms with Crippen LogP contribution in [0, 0.1) is 0 Å². The van der Waals surface area contributed by atoms with Crippen molar-refractivity contribution >= 4 is 11.6 Å². The Bertz CT molecular complexity index is 412. The summed E-state index contributed by atoms with van der Waals surface area (Å²) in [6.45, 7) is -1.48. The number of benzene rings is 1. The predicted molar refractivity (Wildman–Crippen MR) is 66.6 cm³/mol. The molecule has 0 aliphatic heterocycles. The Morgan fingerprint density at radius 3 is 2.63 bits per heavy atom. The fourth-order valence-electron chi connectivity index (χ4n) is 1.57. The van der Waals surface area contributed by atoms with E-state index < -0.39 is 18.8 Å². The molecule has 1 rings (SSSR count). The molecule has 0 aliphatic rings. The van der Waals surface area contributed by atoms with Gasteiger partial charge in [0.05, 0.1) is 13.7 Å². The number of rotatable bonds is 6. The van der Waals surface area contributed by atoms with Gasteiger partial charge in [-0.2, -0.15) is 13.2 Å². The molecule has 108 valence electrons. The molecule has 7 heteroatoms. The number of halogens is 4. The van der Waals surface area contributed by atoms with Crippen LogP contribution in [0.3, 0.4) is 0 Å². The predicted octanol–water partition coefficient (Wildman–Crippen LogP) is 2.80. The number of hydrogen-bond acceptors (Lipinski definition) is 3. The lowest BCUT2D eigenvalue weighted by Gasteiger charge is -2.15. The molecule has 1 atom stereocenters. The van der Waals surface area contributed by atoms with Crippen molar-refractivity contribution in [1.29, 1.82) is 0 Å². The summed E-state index contributed by atoms with van der Waals surface area (Å²) in [5.41, 5.74) is 6.45. The minimum absolute atomic E-state index is 0.185. The summed E-state index contributed by atoms with van der Waals surface area (Å²) < 4.78 is 45.3. The van der Waals surface area contributed by atoms with Crippen LogP contribution in [0.15, 0.2) is 18.2 Å². The van der Waals surface area contributed by atoms with Crippen LogP contribution in [0.1, 0.15) is 5.56 Å². The zero-order chi connectivity index (χ0) is 14.5. The van der Waals surface area contributed by atoms with Crippen molar-refractivity contribution in [2.75, 3.05) is 20.3 Å². The molecule has 0 amide bonds. The SMILES string of the molecule is COc1ccc(Cl)cc1CC(N)COCC(F)(F)F. The molecule has 0 aliphatic carbocycles. The van der Waals surface area contributed by atoms with E-state index in [0.717, 1.165) is 5.56 Å². The maximum absolute atomic E-state index is 11.9. The smallest absolute Gasteiger partial charge is 0.411 e. The highest BCUT2D eigenvalue weighted by atomic mass is 35.5. The van der Waals surface area contributed by atoms with E-state index in [1.165, 1.54) is 7.11 Å². The van der Waals surface area contributed by atoms with Gasteiger partial charge in [0.15, 0.2) is 0 Å². The standard InChI is InChI=1S/C12H15ClF3NO2/c1-18-11-3-2-9(13)4-8(11)5-10(17)6-19-7-12(14,15)16/h2-4,10H,5-7,17H2,1H3. The quantitative estimate of drug-likeness (QED) is 0.878. The zero-order valence-electron chi connectivity index (χ0n) is 10.3. The maximum Gasteiger partial charge on any atom is 0.411 e. The molecule has 1 aromatic carbocycles. The second kappa shape index (κ2) is 6.98. The van der Waals surface area contributed by atoms with Crippen LogP contribution in [0.2, 0.25) is 5.02 Å². The Labute approximate surface area is 114 Å². The number of hydrogen-bond donors (Lipinski definition) is 1. The van der Waals surface area contributed by atoms with Gasteiger partial charge in [0.2, 0.25) is 0 Å². The molecular formula is C12H15ClF3NO2. The lowest BCUT2D eigenvalue weighted by molar-refractivity contribution is -0.174. The molecule has 19 heavy (non-hydrogen) atoms. The third-order valence-electron chi connectivity index (χ3n) is 2.32. The van der Waals surface area contributed by atoms with Gasteiger partial charge in [0, 0.05) is 11.1 Å². The van der Waals surface area contributed by atoms with Crippen molar-refractivity contribution in [2.24, 2.45) is 5.73 Å². The Morgan fingerprint density at radius 2 is 2.05 bits per heavy atom. The van der Waals surface area contributed by atoms with Gasteiger partial charge in [-0.25, -0.2) is 0 Å². The summed E-state index contributed by atoms with van der Waals surface area (Å²) in [4.78, 5) is 0.